The summed E-state index contributed by atoms with van der Waals surface area (Å²) in [7, 11) is 0. The van der Waals surface area contributed by atoms with Crippen molar-refractivity contribution in [2.45, 2.75) is 0 Å². The first-order valence-electron chi connectivity index (χ1n) is 15.8. The van der Waals surface area contributed by atoms with Crippen LogP contribution in [0, 0.1) is 0 Å². The Morgan fingerprint density at radius 2 is 1.08 bits per heavy atom. The number of rotatable bonds is 4. The number of nitrogens with zero attached hydrogens (tertiary/aromatic N) is 4. The summed E-state index contributed by atoms with van der Waals surface area (Å²) in [5.74, 6) is 1.68. The van der Waals surface area contributed by atoms with Gasteiger partial charge in [-0.1, -0.05) is 109 Å². The summed E-state index contributed by atoms with van der Waals surface area (Å²) in [6, 6.07) is 46.9. The summed E-state index contributed by atoms with van der Waals surface area (Å²) in [5.41, 5.74) is 8.44. The molecule has 0 fully saturated rings. The molecule has 48 heavy (non-hydrogen) atoms. The zero-order valence-electron chi connectivity index (χ0n) is 25.5. The van der Waals surface area contributed by atoms with Gasteiger partial charge >= 0.3 is 0 Å². The Morgan fingerprint density at radius 1 is 0.417 bits per heavy atom. The number of hydrogen-bond acceptors (Lipinski definition) is 6. The molecule has 0 bridgehead atoms. The Bertz CT molecular complexity index is 2850. The lowest BCUT2D eigenvalue weighted by Gasteiger charge is -2.10. The lowest BCUT2D eigenvalue weighted by molar-refractivity contribution is 0.668. The monoisotopic (exact) mass is 616 g/mol. The molecule has 0 saturated heterocycles. The molecule has 0 amide bonds. The van der Waals surface area contributed by atoms with Gasteiger partial charge in [-0.2, -0.15) is 0 Å². The van der Waals surface area contributed by atoms with Crippen LogP contribution in [-0.2, 0) is 0 Å². The maximum atomic E-state index is 6.59. The summed E-state index contributed by atoms with van der Waals surface area (Å²) in [5, 5.41) is 5.21. The van der Waals surface area contributed by atoms with Crippen molar-refractivity contribution in [3.63, 3.8) is 0 Å². The van der Waals surface area contributed by atoms with Gasteiger partial charge in [-0.3, -0.25) is 4.98 Å². The van der Waals surface area contributed by atoms with Crippen molar-refractivity contribution < 1.29 is 8.83 Å². The second kappa shape index (κ2) is 10.4. The van der Waals surface area contributed by atoms with Crippen LogP contribution < -0.4 is 0 Å². The minimum absolute atomic E-state index is 0.537. The summed E-state index contributed by atoms with van der Waals surface area (Å²) >= 11 is 0. The summed E-state index contributed by atoms with van der Waals surface area (Å²) in [4.78, 5) is 20.1. The van der Waals surface area contributed by atoms with Crippen LogP contribution in [0.3, 0.4) is 0 Å². The molecule has 0 radical (unpaired) electrons. The largest absolute Gasteiger partial charge is 0.456 e. The first kappa shape index (κ1) is 26.5. The molecule has 0 unspecified atom stereocenters. The number of benzene rings is 6. The molecule has 6 heteroatoms. The van der Waals surface area contributed by atoms with Crippen molar-refractivity contribution in [1.82, 2.24) is 19.9 Å². The van der Waals surface area contributed by atoms with Crippen LogP contribution in [0.2, 0.25) is 0 Å². The fourth-order valence-electron chi connectivity index (χ4n) is 6.76. The van der Waals surface area contributed by atoms with Gasteiger partial charge in [0.1, 0.15) is 22.3 Å². The quantitative estimate of drug-likeness (QED) is 0.196. The van der Waals surface area contributed by atoms with E-state index in [1.807, 2.05) is 97.2 Å². The van der Waals surface area contributed by atoms with Crippen molar-refractivity contribution >= 4 is 54.8 Å². The fraction of sp³-hybridized carbons (Fsp3) is 0. The number of pyridine rings is 1. The highest BCUT2D eigenvalue weighted by Crippen LogP contribution is 2.41. The number of para-hydroxylation sites is 1. The van der Waals surface area contributed by atoms with Gasteiger partial charge in [0.05, 0.1) is 5.39 Å². The van der Waals surface area contributed by atoms with E-state index in [0.29, 0.717) is 17.5 Å². The predicted molar refractivity (Wildman–Crippen MR) is 191 cm³/mol. The van der Waals surface area contributed by atoms with E-state index in [0.717, 1.165) is 71.8 Å². The first-order chi connectivity index (χ1) is 23.8. The molecule has 0 aliphatic rings. The molecule has 4 heterocycles. The second-order valence-corrected chi connectivity index (χ2v) is 11.8. The third-order valence-electron chi connectivity index (χ3n) is 8.99. The fourth-order valence-corrected chi connectivity index (χ4v) is 6.76. The van der Waals surface area contributed by atoms with Crippen molar-refractivity contribution in [1.29, 1.82) is 0 Å². The van der Waals surface area contributed by atoms with Crippen LogP contribution >= 0.6 is 0 Å². The molecule has 0 atom stereocenters. The van der Waals surface area contributed by atoms with Gasteiger partial charge in [-0.15, -0.1) is 0 Å². The Kier molecular flexibility index (Phi) is 5.77. The lowest BCUT2D eigenvalue weighted by Crippen LogP contribution is -2.00. The topological polar surface area (TPSA) is 77.8 Å². The maximum Gasteiger partial charge on any atom is 0.164 e. The zero-order valence-corrected chi connectivity index (χ0v) is 25.5. The van der Waals surface area contributed by atoms with Crippen molar-refractivity contribution in [3.05, 3.63) is 146 Å². The summed E-state index contributed by atoms with van der Waals surface area (Å²) in [6.45, 7) is 0. The molecule has 0 aliphatic heterocycles. The molecule has 6 aromatic carbocycles. The van der Waals surface area contributed by atoms with E-state index in [1.165, 1.54) is 10.8 Å². The van der Waals surface area contributed by atoms with Gasteiger partial charge in [0.25, 0.3) is 0 Å². The van der Waals surface area contributed by atoms with E-state index >= 15 is 0 Å². The lowest BCUT2D eigenvalue weighted by atomic mass is 10.0. The third kappa shape index (κ3) is 4.13. The van der Waals surface area contributed by atoms with E-state index < -0.39 is 0 Å². The molecule has 224 valence electrons. The molecule has 0 aliphatic carbocycles. The predicted octanol–water partition coefficient (Wildman–Crippen LogP) is 10.9. The Balaban J connectivity index is 1.23. The van der Waals surface area contributed by atoms with E-state index in [4.69, 9.17) is 28.8 Å². The molecular weight excluding hydrogens is 592 g/mol. The summed E-state index contributed by atoms with van der Waals surface area (Å²) < 4.78 is 12.8. The number of aromatic nitrogens is 4. The number of furan rings is 2. The van der Waals surface area contributed by atoms with E-state index in [1.54, 1.807) is 0 Å². The van der Waals surface area contributed by atoms with Gasteiger partial charge in [0.2, 0.25) is 0 Å². The highest BCUT2D eigenvalue weighted by atomic mass is 16.3. The van der Waals surface area contributed by atoms with Gasteiger partial charge in [-0.25, -0.2) is 15.0 Å². The van der Waals surface area contributed by atoms with Gasteiger partial charge < -0.3 is 8.83 Å². The average Bonchev–Trinajstić information content (AvgIpc) is 3.73. The minimum atomic E-state index is 0.537. The third-order valence-corrected chi connectivity index (χ3v) is 8.99. The van der Waals surface area contributed by atoms with Crippen LogP contribution in [-0.4, -0.2) is 19.9 Å². The molecule has 10 aromatic rings. The van der Waals surface area contributed by atoms with Crippen LogP contribution in [0.15, 0.2) is 155 Å². The van der Waals surface area contributed by atoms with Crippen molar-refractivity contribution in [3.8, 4) is 45.3 Å². The zero-order chi connectivity index (χ0) is 31.6. The first-order valence-corrected chi connectivity index (χ1v) is 15.8. The number of fused-ring (bicyclic) bond motifs is 7. The molecule has 10 rings (SSSR count). The van der Waals surface area contributed by atoms with Gasteiger partial charge in [0.15, 0.2) is 23.1 Å². The highest BCUT2D eigenvalue weighted by Gasteiger charge is 2.22. The Labute approximate surface area is 274 Å². The minimum Gasteiger partial charge on any atom is -0.456 e. The van der Waals surface area contributed by atoms with Crippen LogP contribution in [0.5, 0.6) is 0 Å². The molecule has 4 aromatic heterocycles. The SMILES string of the molecule is c1ccc(-c2nc(-c3cccc4oc5ccccc5c34)nc(-c3cccc4oc5c(-c6ccc7ccccc7c6)ccnc5c34)n2)cc1. The number of hydrogen-bond donors (Lipinski definition) is 0. The molecular formula is C42H24N4O2. The van der Waals surface area contributed by atoms with E-state index in [9.17, 15) is 0 Å². The molecule has 0 saturated carbocycles. The van der Waals surface area contributed by atoms with Gasteiger partial charge in [-0.05, 0) is 46.7 Å². The maximum absolute atomic E-state index is 6.59. The molecule has 6 nitrogen and oxygen atoms in total. The molecule has 0 spiro atoms. The standard InChI is InChI=1S/C42H24N4O2/c1-2-11-26(12-3-1)40-44-41(31-15-8-18-34-36(31)30-14-6-7-17-33(30)47-34)46-42(45-40)32-16-9-19-35-37(32)38-39(48-35)29(22-23-43-38)28-21-20-25-10-4-5-13-27(25)24-28/h1-24H. The second-order valence-electron chi connectivity index (χ2n) is 11.8. The smallest absolute Gasteiger partial charge is 0.164 e. The summed E-state index contributed by atoms with van der Waals surface area (Å²) in [6.07, 6.45) is 1.84. The van der Waals surface area contributed by atoms with E-state index in [-0.39, 0.29) is 0 Å². The highest BCUT2D eigenvalue weighted by molar-refractivity contribution is 6.14. The van der Waals surface area contributed by atoms with E-state index in [2.05, 4.69) is 48.5 Å². The molecule has 0 N–H and O–H groups in total. The van der Waals surface area contributed by atoms with Crippen LogP contribution in [0.1, 0.15) is 0 Å². The van der Waals surface area contributed by atoms with Crippen LogP contribution in [0.25, 0.3) is 100 Å². The normalized spacial score (nSPS) is 11.8. The van der Waals surface area contributed by atoms with Crippen molar-refractivity contribution in [2.75, 3.05) is 0 Å². The Hall–Kier alpha value is -6.66. The van der Waals surface area contributed by atoms with Crippen molar-refractivity contribution in [2.24, 2.45) is 0 Å². The Morgan fingerprint density at radius 3 is 1.92 bits per heavy atom. The average molecular weight is 617 g/mol. The van der Waals surface area contributed by atoms with Crippen LogP contribution in [0.4, 0.5) is 0 Å². The van der Waals surface area contributed by atoms with Gasteiger partial charge in [0, 0.05) is 39.2 Å².